The minimum atomic E-state index is -3.84. The lowest BCUT2D eigenvalue weighted by Crippen LogP contribution is -2.51. The van der Waals surface area contributed by atoms with Gasteiger partial charge in [0.05, 0.1) is 16.4 Å². The summed E-state index contributed by atoms with van der Waals surface area (Å²) in [7, 11) is -3.84. The van der Waals surface area contributed by atoms with Crippen molar-refractivity contribution in [2.45, 2.75) is 45.1 Å². The van der Waals surface area contributed by atoms with Gasteiger partial charge < -0.3 is 5.32 Å². The number of carbonyl (C=O) groups is 1. The molecule has 1 aromatic carbocycles. The highest BCUT2D eigenvalue weighted by atomic mass is 32.2. The molecule has 0 aromatic heterocycles. The number of nitrogens with one attached hydrogen (secondary N) is 1. The van der Waals surface area contributed by atoms with Crippen LogP contribution in [0.15, 0.2) is 17.0 Å². The van der Waals surface area contributed by atoms with Gasteiger partial charge in [-0.2, -0.15) is 4.31 Å². The van der Waals surface area contributed by atoms with Gasteiger partial charge in [0.2, 0.25) is 15.9 Å². The van der Waals surface area contributed by atoms with Crippen LogP contribution in [0.25, 0.3) is 0 Å². The Morgan fingerprint density at radius 3 is 2.39 bits per heavy atom. The third kappa shape index (κ3) is 5.06. The first-order chi connectivity index (χ1) is 13.1. The first-order valence-corrected chi connectivity index (χ1v) is 10.8. The van der Waals surface area contributed by atoms with E-state index in [-0.39, 0.29) is 42.2 Å². The van der Waals surface area contributed by atoms with Crippen molar-refractivity contribution in [1.82, 2.24) is 14.5 Å². The van der Waals surface area contributed by atoms with Crippen molar-refractivity contribution >= 4 is 21.6 Å². The lowest BCUT2D eigenvalue weighted by atomic mass is 10.1. The number of nitrogens with zero attached hydrogens (tertiary/aromatic N) is 3. The number of non-ortho nitro benzene ring substituents is 1. The van der Waals surface area contributed by atoms with Gasteiger partial charge in [0.1, 0.15) is 0 Å². The Bertz CT molecular complexity index is 848. The average Bonchev–Trinajstić information content (AvgIpc) is 2.63. The molecule has 156 valence electrons. The summed E-state index contributed by atoms with van der Waals surface area (Å²) in [6.45, 7) is 8.81. The SMILES string of the molecule is CC[C@@H](C)NC(=O)CN1CCN(S(=O)(=O)c2cc([N+](=O)[O-])cc(C)c2C)CC1. The van der Waals surface area contributed by atoms with Crippen LogP contribution in [0.5, 0.6) is 0 Å². The fourth-order valence-electron chi connectivity index (χ4n) is 3.07. The fourth-order valence-corrected chi connectivity index (χ4v) is 4.81. The highest BCUT2D eigenvalue weighted by Crippen LogP contribution is 2.28. The Hall–Kier alpha value is -2.04. The molecule has 0 unspecified atom stereocenters. The Morgan fingerprint density at radius 2 is 1.86 bits per heavy atom. The van der Waals surface area contributed by atoms with E-state index in [0.29, 0.717) is 24.2 Å². The number of nitro groups is 1. The number of benzene rings is 1. The summed E-state index contributed by atoms with van der Waals surface area (Å²) in [5.74, 6) is -0.0733. The number of piperazine rings is 1. The van der Waals surface area contributed by atoms with Gasteiger partial charge in [0.15, 0.2) is 0 Å². The summed E-state index contributed by atoms with van der Waals surface area (Å²) >= 11 is 0. The molecule has 0 bridgehead atoms. The van der Waals surface area contributed by atoms with Crippen LogP contribution < -0.4 is 5.32 Å². The maximum absolute atomic E-state index is 13.1. The van der Waals surface area contributed by atoms with Gasteiger partial charge in [0.25, 0.3) is 5.69 Å². The number of hydrogen-bond acceptors (Lipinski definition) is 6. The second-order valence-corrected chi connectivity index (χ2v) is 9.11. The molecule has 1 aromatic rings. The van der Waals surface area contributed by atoms with Crippen molar-refractivity contribution in [2.24, 2.45) is 0 Å². The molecule has 9 nitrogen and oxygen atoms in total. The molecular formula is C18H28N4O5S. The Morgan fingerprint density at radius 1 is 1.25 bits per heavy atom. The van der Waals surface area contributed by atoms with Crippen LogP contribution in [0.4, 0.5) is 5.69 Å². The van der Waals surface area contributed by atoms with E-state index in [9.17, 15) is 23.3 Å². The summed E-state index contributed by atoms with van der Waals surface area (Å²) in [6, 6.07) is 2.61. The van der Waals surface area contributed by atoms with Gasteiger partial charge in [-0.15, -0.1) is 0 Å². The zero-order valence-corrected chi connectivity index (χ0v) is 17.6. The number of amides is 1. The summed E-state index contributed by atoms with van der Waals surface area (Å²) in [5, 5.41) is 14.0. The number of hydrogen-bond donors (Lipinski definition) is 1. The summed E-state index contributed by atoms with van der Waals surface area (Å²) in [4.78, 5) is 24.4. The molecule has 0 aliphatic carbocycles. The average molecular weight is 413 g/mol. The normalized spacial score (nSPS) is 17.3. The first kappa shape index (κ1) is 22.3. The second-order valence-electron chi connectivity index (χ2n) is 7.20. The van der Waals surface area contributed by atoms with Crippen LogP contribution in [0.2, 0.25) is 0 Å². The minimum Gasteiger partial charge on any atom is -0.353 e. The predicted octanol–water partition coefficient (Wildman–Crippen LogP) is 1.43. The smallest absolute Gasteiger partial charge is 0.271 e. The molecule has 0 saturated carbocycles. The molecule has 1 atom stereocenters. The van der Waals surface area contributed by atoms with Crippen molar-refractivity contribution in [3.05, 3.63) is 33.4 Å². The van der Waals surface area contributed by atoms with E-state index in [1.165, 1.54) is 10.4 Å². The second kappa shape index (κ2) is 8.97. The molecule has 1 N–H and O–H groups in total. The van der Waals surface area contributed by atoms with Crippen LogP contribution >= 0.6 is 0 Å². The molecule has 10 heteroatoms. The Balaban J connectivity index is 2.10. The molecule has 2 rings (SSSR count). The highest BCUT2D eigenvalue weighted by Gasteiger charge is 2.32. The van der Waals surface area contributed by atoms with Crippen molar-refractivity contribution in [2.75, 3.05) is 32.7 Å². The number of aryl methyl sites for hydroxylation is 1. The topological polar surface area (TPSA) is 113 Å². The number of rotatable bonds is 7. The van der Waals surface area contributed by atoms with Gasteiger partial charge in [-0.3, -0.25) is 19.8 Å². The van der Waals surface area contributed by atoms with Crippen LogP contribution in [0.3, 0.4) is 0 Å². The molecule has 1 fully saturated rings. The summed E-state index contributed by atoms with van der Waals surface area (Å²) < 4.78 is 27.4. The lowest BCUT2D eigenvalue weighted by molar-refractivity contribution is -0.385. The fraction of sp³-hybridized carbons (Fsp3) is 0.611. The van der Waals surface area contributed by atoms with Gasteiger partial charge in [0, 0.05) is 44.4 Å². The quantitative estimate of drug-likeness (QED) is 0.535. The summed E-state index contributed by atoms with van der Waals surface area (Å²) in [5.41, 5.74) is 0.844. The van der Waals surface area contributed by atoms with Gasteiger partial charge in [-0.05, 0) is 38.3 Å². The molecule has 1 aliphatic heterocycles. The molecule has 1 aliphatic rings. The third-order valence-electron chi connectivity index (χ3n) is 5.15. The van der Waals surface area contributed by atoms with Crippen molar-refractivity contribution in [1.29, 1.82) is 0 Å². The van der Waals surface area contributed by atoms with E-state index in [1.54, 1.807) is 13.8 Å². The van der Waals surface area contributed by atoms with Crippen molar-refractivity contribution < 1.29 is 18.1 Å². The van der Waals surface area contributed by atoms with Crippen LogP contribution in [-0.2, 0) is 14.8 Å². The van der Waals surface area contributed by atoms with Crippen LogP contribution in [-0.4, -0.2) is 67.2 Å². The maximum atomic E-state index is 13.1. The largest absolute Gasteiger partial charge is 0.353 e. The highest BCUT2D eigenvalue weighted by molar-refractivity contribution is 7.89. The van der Waals surface area contributed by atoms with E-state index in [2.05, 4.69) is 5.32 Å². The van der Waals surface area contributed by atoms with E-state index >= 15 is 0 Å². The number of carbonyl (C=O) groups excluding carboxylic acids is 1. The third-order valence-corrected chi connectivity index (χ3v) is 7.18. The number of nitro benzene ring substituents is 1. The Kier molecular flexibility index (Phi) is 7.13. The predicted molar refractivity (Wildman–Crippen MR) is 106 cm³/mol. The van der Waals surface area contributed by atoms with Gasteiger partial charge in [-0.25, -0.2) is 8.42 Å². The summed E-state index contributed by atoms with van der Waals surface area (Å²) in [6.07, 6.45) is 0.847. The first-order valence-electron chi connectivity index (χ1n) is 9.33. The van der Waals surface area contributed by atoms with Gasteiger partial charge in [-0.1, -0.05) is 6.92 Å². The lowest BCUT2D eigenvalue weighted by Gasteiger charge is -2.34. The van der Waals surface area contributed by atoms with E-state index in [0.717, 1.165) is 12.5 Å². The molecule has 0 spiro atoms. The van der Waals surface area contributed by atoms with E-state index in [1.807, 2.05) is 18.7 Å². The van der Waals surface area contributed by atoms with E-state index in [4.69, 9.17) is 0 Å². The zero-order chi connectivity index (χ0) is 21.1. The van der Waals surface area contributed by atoms with Gasteiger partial charge >= 0.3 is 0 Å². The molecule has 1 heterocycles. The zero-order valence-electron chi connectivity index (χ0n) is 16.8. The molecule has 28 heavy (non-hydrogen) atoms. The number of sulfonamides is 1. The molecule has 1 amide bonds. The Labute approximate surface area is 165 Å². The van der Waals surface area contributed by atoms with Crippen LogP contribution in [0, 0.1) is 24.0 Å². The van der Waals surface area contributed by atoms with Crippen molar-refractivity contribution in [3.63, 3.8) is 0 Å². The monoisotopic (exact) mass is 412 g/mol. The van der Waals surface area contributed by atoms with E-state index < -0.39 is 14.9 Å². The molecular weight excluding hydrogens is 384 g/mol. The standard InChI is InChI=1S/C18H28N4O5S/c1-5-14(3)19-18(23)12-20-6-8-21(9-7-20)28(26,27)17-11-16(22(24)25)10-13(2)15(17)4/h10-11,14H,5-9,12H2,1-4H3,(H,19,23)/t14-/m1/s1. The van der Waals surface area contributed by atoms with Crippen LogP contribution in [0.1, 0.15) is 31.4 Å². The maximum Gasteiger partial charge on any atom is 0.271 e. The van der Waals surface area contributed by atoms with Crippen molar-refractivity contribution in [3.8, 4) is 0 Å². The molecule has 1 saturated heterocycles. The minimum absolute atomic E-state index is 0.0258. The molecule has 0 radical (unpaired) electrons.